The first-order valence-corrected chi connectivity index (χ1v) is 8.79. The van der Waals surface area contributed by atoms with Crippen LogP contribution in [0.4, 0.5) is 10.5 Å². The number of carbonyl (C=O) groups excluding carboxylic acids is 2. The fourth-order valence-electron chi connectivity index (χ4n) is 2.68. The molecule has 0 unspecified atom stereocenters. The fourth-order valence-corrected chi connectivity index (χ4v) is 2.85. The second kappa shape index (κ2) is 9.93. The first-order valence-electron chi connectivity index (χ1n) is 8.41. The summed E-state index contributed by atoms with van der Waals surface area (Å²) in [6.45, 7) is 0.468. The summed E-state index contributed by atoms with van der Waals surface area (Å²) >= 11 is 5.93. The molecule has 1 aromatic rings. The van der Waals surface area contributed by atoms with Gasteiger partial charge in [-0.1, -0.05) is 23.3 Å². The minimum atomic E-state index is -0.485. The van der Waals surface area contributed by atoms with Gasteiger partial charge in [0.15, 0.2) is 0 Å². The molecule has 0 atom stereocenters. The van der Waals surface area contributed by atoms with E-state index in [0.29, 0.717) is 23.0 Å². The van der Waals surface area contributed by atoms with Gasteiger partial charge in [0.1, 0.15) is 5.75 Å². The van der Waals surface area contributed by atoms with Crippen LogP contribution in [0.25, 0.3) is 0 Å². The van der Waals surface area contributed by atoms with Crippen molar-refractivity contribution in [2.45, 2.75) is 32.1 Å². The molecule has 2 rings (SSSR count). The molecule has 0 spiro atoms. The van der Waals surface area contributed by atoms with Crippen LogP contribution in [0.3, 0.4) is 0 Å². The highest BCUT2D eigenvalue weighted by molar-refractivity contribution is 6.30. The minimum absolute atomic E-state index is 0.0602. The second-order valence-electron chi connectivity index (χ2n) is 5.86. The van der Waals surface area contributed by atoms with Crippen molar-refractivity contribution in [2.75, 3.05) is 25.5 Å². The van der Waals surface area contributed by atoms with Crippen molar-refractivity contribution < 1.29 is 14.3 Å². The van der Waals surface area contributed by atoms with Crippen LogP contribution in [0.1, 0.15) is 32.1 Å². The number of halogens is 1. The summed E-state index contributed by atoms with van der Waals surface area (Å²) in [6.07, 6.45) is 7.77. The number of urea groups is 1. The monoisotopic (exact) mass is 365 g/mol. The van der Waals surface area contributed by atoms with Crippen LogP contribution in [0.15, 0.2) is 29.8 Å². The molecule has 0 bridgehead atoms. The molecule has 0 saturated carbocycles. The van der Waals surface area contributed by atoms with Crippen LogP contribution in [0, 0.1) is 0 Å². The van der Waals surface area contributed by atoms with E-state index in [1.54, 1.807) is 18.2 Å². The molecule has 1 aromatic carbocycles. The number of methoxy groups -OCH3 is 1. The van der Waals surface area contributed by atoms with Gasteiger partial charge in [-0.3, -0.25) is 10.1 Å². The molecule has 3 N–H and O–H groups in total. The number of hydrogen-bond donors (Lipinski definition) is 3. The SMILES string of the molecule is COc1ccc(Cl)cc1NCC(=O)NC(=O)NCCC1=CCCCC1. The zero-order valence-corrected chi connectivity index (χ0v) is 15.1. The lowest BCUT2D eigenvalue weighted by Crippen LogP contribution is -2.42. The predicted octanol–water partition coefficient (Wildman–Crippen LogP) is 3.48. The summed E-state index contributed by atoms with van der Waals surface area (Å²) in [5.74, 6) is 0.138. The van der Waals surface area contributed by atoms with E-state index >= 15 is 0 Å². The molecule has 0 aromatic heterocycles. The van der Waals surface area contributed by atoms with Crippen molar-refractivity contribution in [1.29, 1.82) is 0 Å². The highest BCUT2D eigenvalue weighted by Crippen LogP contribution is 2.27. The normalized spacial score (nSPS) is 13.6. The van der Waals surface area contributed by atoms with E-state index in [0.717, 1.165) is 19.3 Å². The Morgan fingerprint density at radius 3 is 2.84 bits per heavy atom. The van der Waals surface area contributed by atoms with Crippen LogP contribution >= 0.6 is 11.6 Å². The summed E-state index contributed by atoms with van der Waals surface area (Å²) in [7, 11) is 1.53. The van der Waals surface area contributed by atoms with Crippen LogP contribution in [0.5, 0.6) is 5.75 Å². The summed E-state index contributed by atoms with van der Waals surface area (Å²) in [4.78, 5) is 23.6. The predicted molar refractivity (Wildman–Crippen MR) is 99.2 cm³/mol. The molecule has 1 aliphatic rings. The van der Waals surface area contributed by atoms with Gasteiger partial charge in [-0.05, 0) is 50.3 Å². The number of imide groups is 1. The lowest BCUT2D eigenvalue weighted by molar-refractivity contribution is -0.118. The van der Waals surface area contributed by atoms with E-state index in [2.05, 4.69) is 22.0 Å². The van der Waals surface area contributed by atoms with E-state index in [-0.39, 0.29) is 6.54 Å². The average molecular weight is 366 g/mol. The molecule has 3 amide bonds. The number of hydrogen-bond acceptors (Lipinski definition) is 4. The molecule has 0 aliphatic heterocycles. The van der Waals surface area contributed by atoms with Crippen molar-refractivity contribution in [3.8, 4) is 5.75 Å². The van der Waals surface area contributed by atoms with Gasteiger partial charge < -0.3 is 15.4 Å². The third kappa shape index (κ3) is 6.66. The number of anilines is 1. The smallest absolute Gasteiger partial charge is 0.321 e. The van der Waals surface area contributed by atoms with Crippen molar-refractivity contribution in [3.63, 3.8) is 0 Å². The fraction of sp³-hybridized carbons (Fsp3) is 0.444. The van der Waals surface area contributed by atoms with Gasteiger partial charge in [-0.15, -0.1) is 0 Å². The van der Waals surface area contributed by atoms with Gasteiger partial charge in [0.2, 0.25) is 5.91 Å². The Kier molecular flexibility index (Phi) is 7.60. The van der Waals surface area contributed by atoms with E-state index in [9.17, 15) is 9.59 Å². The molecule has 0 fully saturated rings. The number of benzene rings is 1. The second-order valence-corrected chi connectivity index (χ2v) is 6.30. The Hall–Kier alpha value is -2.21. The molecule has 0 radical (unpaired) electrons. The average Bonchev–Trinajstić information content (AvgIpc) is 2.61. The maximum absolute atomic E-state index is 11.9. The zero-order chi connectivity index (χ0) is 18.1. The molecular formula is C18H24ClN3O3. The minimum Gasteiger partial charge on any atom is -0.495 e. The molecule has 25 heavy (non-hydrogen) atoms. The lowest BCUT2D eigenvalue weighted by Gasteiger charge is -2.13. The highest BCUT2D eigenvalue weighted by Gasteiger charge is 2.10. The molecule has 136 valence electrons. The van der Waals surface area contributed by atoms with E-state index < -0.39 is 11.9 Å². The topological polar surface area (TPSA) is 79.5 Å². The number of nitrogens with one attached hydrogen (secondary N) is 3. The van der Waals surface area contributed by atoms with Crippen LogP contribution in [-0.2, 0) is 4.79 Å². The van der Waals surface area contributed by atoms with Crippen molar-refractivity contribution in [1.82, 2.24) is 10.6 Å². The zero-order valence-electron chi connectivity index (χ0n) is 14.4. The first-order chi connectivity index (χ1) is 12.1. The number of ether oxygens (including phenoxy) is 1. The molecule has 6 nitrogen and oxygen atoms in total. The Morgan fingerprint density at radius 1 is 1.28 bits per heavy atom. The van der Waals surface area contributed by atoms with Crippen LogP contribution < -0.4 is 20.7 Å². The van der Waals surface area contributed by atoms with E-state index in [1.807, 2.05) is 0 Å². The van der Waals surface area contributed by atoms with Gasteiger partial charge in [0, 0.05) is 11.6 Å². The Morgan fingerprint density at radius 2 is 2.12 bits per heavy atom. The molecule has 7 heteroatoms. The molecule has 1 aliphatic carbocycles. The van der Waals surface area contributed by atoms with Crippen molar-refractivity contribution in [3.05, 3.63) is 34.9 Å². The quantitative estimate of drug-likeness (QED) is 0.646. The van der Waals surface area contributed by atoms with E-state index in [4.69, 9.17) is 16.3 Å². The maximum atomic E-state index is 11.9. The van der Waals surface area contributed by atoms with Gasteiger partial charge in [0.05, 0.1) is 19.3 Å². The summed E-state index contributed by atoms with van der Waals surface area (Å²) < 4.78 is 5.19. The van der Waals surface area contributed by atoms with Crippen molar-refractivity contribution >= 4 is 29.2 Å². The van der Waals surface area contributed by atoms with Crippen LogP contribution in [0.2, 0.25) is 5.02 Å². The molecule has 0 heterocycles. The largest absolute Gasteiger partial charge is 0.495 e. The van der Waals surface area contributed by atoms with Gasteiger partial charge in [-0.25, -0.2) is 4.79 Å². The Balaban J connectivity index is 1.70. The van der Waals surface area contributed by atoms with Gasteiger partial charge in [0.25, 0.3) is 0 Å². The Labute approximate surface area is 153 Å². The Bertz CT molecular complexity index is 646. The number of carbonyl (C=O) groups is 2. The summed E-state index contributed by atoms with van der Waals surface area (Å²) in [5.41, 5.74) is 1.97. The summed E-state index contributed by atoms with van der Waals surface area (Å²) in [5, 5.41) is 8.43. The first kappa shape index (κ1) is 19.1. The standard InChI is InChI=1S/C18H24ClN3O3/c1-25-16-8-7-14(19)11-15(16)21-12-17(23)22-18(24)20-10-9-13-5-3-2-4-6-13/h5,7-8,11,21H,2-4,6,9-10,12H2,1H3,(H2,20,22,23,24). The third-order valence-electron chi connectivity index (χ3n) is 3.97. The lowest BCUT2D eigenvalue weighted by atomic mass is 9.97. The maximum Gasteiger partial charge on any atom is 0.321 e. The van der Waals surface area contributed by atoms with E-state index in [1.165, 1.54) is 25.5 Å². The summed E-state index contributed by atoms with van der Waals surface area (Å²) in [6, 6.07) is 4.57. The van der Waals surface area contributed by atoms with Gasteiger partial charge >= 0.3 is 6.03 Å². The molecule has 0 saturated heterocycles. The van der Waals surface area contributed by atoms with Crippen molar-refractivity contribution in [2.24, 2.45) is 0 Å². The number of amides is 3. The van der Waals surface area contributed by atoms with Gasteiger partial charge in [-0.2, -0.15) is 0 Å². The number of rotatable bonds is 7. The third-order valence-corrected chi connectivity index (χ3v) is 4.21. The highest BCUT2D eigenvalue weighted by atomic mass is 35.5. The number of allylic oxidation sites excluding steroid dienone is 1. The van der Waals surface area contributed by atoms with Crippen LogP contribution in [-0.4, -0.2) is 32.1 Å². The molecular weight excluding hydrogens is 342 g/mol.